The summed E-state index contributed by atoms with van der Waals surface area (Å²) in [6.07, 6.45) is 0. The molecule has 1 amide bonds. The van der Waals surface area contributed by atoms with Gasteiger partial charge in [0.05, 0.1) is 14.2 Å². The third-order valence-electron chi connectivity index (χ3n) is 5.07. The van der Waals surface area contributed by atoms with Gasteiger partial charge in [-0.15, -0.1) is 12.4 Å². The van der Waals surface area contributed by atoms with Crippen LogP contribution in [0.1, 0.15) is 22.7 Å². The van der Waals surface area contributed by atoms with Crippen LogP contribution in [0, 0.1) is 5.41 Å². The van der Waals surface area contributed by atoms with Gasteiger partial charge in [-0.3, -0.25) is 10.2 Å². The number of nitrogens with two attached hydrogens (primary N) is 2. The number of carbonyl (C=O) groups excluding carboxylic acids is 1. The Morgan fingerprint density at radius 1 is 1.00 bits per heavy atom. The van der Waals surface area contributed by atoms with Gasteiger partial charge in [0.25, 0.3) is 0 Å². The van der Waals surface area contributed by atoms with Crippen molar-refractivity contribution in [1.29, 1.82) is 5.41 Å². The maximum absolute atomic E-state index is 12.8. The smallest absolute Gasteiger partial charge is 0.244 e. The topological polar surface area (TPSA) is 115 Å². The van der Waals surface area contributed by atoms with E-state index in [2.05, 4.69) is 15.9 Å². The molecular formula is C24H26BrClN4O3. The Kier molecular flexibility index (Phi) is 9.13. The van der Waals surface area contributed by atoms with Crippen molar-refractivity contribution in [3.63, 3.8) is 0 Å². The molecule has 0 aliphatic heterocycles. The van der Waals surface area contributed by atoms with Gasteiger partial charge >= 0.3 is 0 Å². The Morgan fingerprint density at radius 3 is 2.00 bits per heavy atom. The number of nitrogen functional groups attached to an aromatic ring is 1. The van der Waals surface area contributed by atoms with Crippen LogP contribution in [0.25, 0.3) is 0 Å². The lowest BCUT2D eigenvalue weighted by atomic mass is 10.0. The molecule has 3 aromatic rings. The molecule has 0 aliphatic carbocycles. The molecule has 3 rings (SSSR count). The number of anilines is 1. The maximum Gasteiger partial charge on any atom is 0.244 e. The first kappa shape index (κ1) is 26.0. The minimum Gasteiger partial charge on any atom is -0.495 e. The second-order valence-corrected chi connectivity index (χ2v) is 7.91. The molecule has 0 aliphatic rings. The predicted octanol–water partition coefficient (Wildman–Crippen LogP) is 4.41. The van der Waals surface area contributed by atoms with Gasteiger partial charge < -0.3 is 25.8 Å². The van der Waals surface area contributed by atoms with Crippen LogP contribution >= 0.6 is 28.3 Å². The molecule has 1 atom stereocenters. The molecule has 0 saturated carbocycles. The number of halogens is 2. The van der Waals surface area contributed by atoms with E-state index in [0.717, 1.165) is 11.3 Å². The first-order valence-electron chi connectivity index (χ1n) is 9.81. The minimum absolute atomic E-state index is 0. The summed E-state index contributed by atoms with van der Waals surface area (Å²) in [4.78, 5) is 14.7. The summed E-state index contributed by atoms with van der Waals surface area (Å²) in [5, 5.41) is 7.65. The van der Waals surface area contributed by atoms with Crippen LogP contribution < -0.4 is 25.8 Å². The van der Waals surface area contributed by atoms with Crippen molar-refractivity contribution in [2.24, 2.45) is 11.5 Å². The fourth-order valence-corrected chi connectivity index (χ4v) is 4.04. The molecule has 7 nitrogen and oxygen atoms in total. The molecule has 33 heavy (non-hydrogen) atoms. The fourth-order valence-electron chi connectivity index (χ4n) is 3.49. The highest BCUT2D eigenvalue weighted by atomic mass is 79.9. The summed E-state index contributed by atoms with van der Waals surface area (Å²) >= 11 is 3.47. The summed E-state index contributed by atoms with van der Waals surface area (Å²) < 4.78 is 11.6. The van der Waals surface area contributed by atoms with Gasteiger partial charge in [0.15, 0.2) is 0 Å². The molecular weight excluding hydrogens is 508 g/mol. The summed E-state index contributed by atoms with van der Waals surface area (Å²) in [7, 11) is 3.09. The van der Waals surface area contributed by atoms with Gasteiger partial charge in [-0.05, 0) is 63.5 Å². The summed E-state index contributed by atoms with van der Waals surface area (Å²) in [5.41, 5.74) is 14.5. The molecule has 1 unspecified atom stereocenters. The Hall–Kier alpha value is -3.23. The molecule has 3 aromatic carbocycles. The summed E-state index contributed by atoms with van der Waals surface area (Å²) in [5.74, 6) is 0.498. The molecule has 0 heterocycles. The van der Waals surface area contributed by atoms with Gasteiger partial charge in [0.2, 0.25) is 5.91 Å². The number of nitrogens with one attached hydrogen (secondary N) is 1. The van der Waals surface area contributed by atoms with Crippen molar-refractivity contribution < 1.29 is 14.3 Å². The molecule has 0 fully saturated rings. The van der Waals surface area contributed by atoms with E-state index in [4.69, 9.17) is 26.4 Å². The standard InChI is InChI=1S/C24H25BrN4O3.ClH/c1-31-19-12-17(13-20(32-2)21(19)25)22(24(28)30)29(14-15-6-4-3-5-7-15)18-10-8-16(9-11-18)23(26)27;/h3-13,22H,14H2,1-2H3,(H3,26,27)(H2,28,30);1H. The molecule has 0 radical (unpaired) electrons. The number of rotatable bonds is 9. The quantitative estimate of drug-likeness (QED) is 0.278. The number of nitrogens with zero attached hydrogens (tertiary/aromatic N) is 1. The first-order chi connectivity index (χ1) is 15.3. The van der Waals surface area contributed by atoms with Gasteiger partial charge in [-0.2, -0.15) is 0 Å². The van der Waals surface area contributed by atoms with Crippen molar-refractivity contribution >= 4 is 45.8 Å². The van der Waals surface area contributed by atoms with E-state index in [9.17, 15) is 4.79 Å². The van der Waals surface area contributed by atoms with Crippen LogP contribution in [0.2, 0.25) is 0 Å². The number of primary amides is 1. The lowest BCUT2D eigenvalue weighted by molar-refractivity contribution is -0.119. The number of methoxy groups -OCH3 is 2. The Labute approximate surface area is 207 Å². The predicted molar refractivity (Wildman–Crippen MR) is 137 cm³/mol. The SMILES string of the molecule is COc1cc(C(C(N)=O)N(Cc2ccccc2)c2ccc(C(=N)N)cc2)cc(OC)c1Br.Cl. The molecule has 5 N–H and O–H groups in total. The van der Waals surface area contributed by atoms with E-state index in [1.54, 1.807) is 38.5 Å². The van der Waals surface area contributed by atoms with Gasteiger partial charge in [0, 0.05) is 17.8 Å². The van der Waals surface area contributed by atoms with Crippen molar-refractivity contribution in [3.05, 3.63) is 87.9 Å². The number of hydrogen-bond donors (Lipinski definition) is 3. The van der Waals surface area contributed by atoms with Crippen LogP contribution in [0.4, 0.5) is 5.69 Å². The second-order valence-electron chi connectivity index (χ2n) is 7.12. The normalized spacial score (nSPS) is 11.1. The van der Waals surface area contributed by atoms with Gasteiger partial charge in [-0.25, -0.2) is 0 Å². The van der Waals surface area contributed by atoms with Crippen LogP contribution in [-0.4, -0.2) is 26.0 Å². The number of carbonyl (C=O) groups is 1. The number of amidine groups is 1. The largest absolute Gasteiger partial charge is 0.495 e. The molecule has 0 bridgehead atoms. The zero-order chi connectivity index (χ0) is 23.3. The van der Waals surface area contributed by atoms with Crippen LogP contribution in [0.5, 0.6) is 11.5 Å². The van der Waals surface area contributed by atoms with E-state index in [0.29, 0.717) is 33.6 Å². The second kappa shape index (κ2) is 11.6. The van der Waals surface area contributed by atoms with E-state index in [1.807, 2.05) is 47.4 Å². The minimum atomic E-state index is -0.811. The molecule has 174 valence electrons. The van der Waals surface area contributed by atoms with Crippen molar-refractivity contribution in [1.82, 2.24) is 0 Å². The molecule has 0 aromatic heterocycles. The lowest BCUT2D eigenvalue weighted by Crippen LogP contribution is -2.37. The Balaban J connectivity index is 0.00000385. The molecule has 9 heteroatoms. The molecule has 0 saturated heterocycles. The summed E-state index contributed by atoms with van der Waals surface area (Å²) in [6.45, 7) is 0.425. The average molecular weight is 534 g/mol. The van der Waals surface area contributed by atoms with Crippen LogP contribution in [0.3, 0.4) is 0 Å². The zero-order valence-electron chi connectivity index (χ0n) is 18.2. The highest BCUT2D eigenvalue weighted by Gasteiger charge is 2.28. The number of ether oxygens (including phenoxy) is 2. The zero-order valence-corrected chi connectivity index (χ0v) is 20.7. The average Bonchev–Trinajstić information content (AvgIpc) is 2.80. The summed E-state index contributed by atoms with van der Waals surface area (Å²) in [6, 6.07) is 19.6. The molecule has 0 spiro atoms. The van der Waals surface area contributed by atoms with Crippen molar-refractivity contribution in [2.45, 2.75) is 12.6 Å². The van der Waals surface area contributed by atoms with E-state index >= 15 is 0 Å². The lowest BCUT2D eigenvalue weighted by Gasteiger charge is -2.33. The van der Waals surface area contributed by atoms with E-state index in [-0.39, 0.29) is 18.2 Å². The number of hydrogen-bond acceptors (Lipinski definition) is 5. The van der Waals surface area contributed by atoms with Crippen molar-refractivity contribution in [3.8, 4) is 11.5 Å². The van der Waals surface area contributed by atoms with Crippen LogP contribution in [-0.2, 0) is 11.3 Å². The number of amides is 1. The van der Waals surface area contributed by atoms with Crippen LogP contribution in [0.15, 0.2) is 71.2 Å². The first-order valence-corrected chi connectivity index (χ1v) is 10.6. The van der Waals surface area contributed by atoms with Gasteiger partial charge in [0.1, 0.15) is 27.8 Å². The van der Waals surface area contributed by atoms with E-state index < -0.39 is 11.9 Å². The monoisotopic (exact) mass is 532 g/mol. The fraction of sp³-hybridized carbons (Fsp3) is 0.167. The third kappa shape index (κ3) is 5.97. The van der Waals surface area contributed by atoms with Gasteiger partial charge in [-0.1, -0.05) is 30.3 Å². The Bertz CT molecular complexity index is 1090. The van der Waals surface area contributed by atoms with Crippen molar-refractivity contribution in [2.75, 3.05) is 19.1 Å². The number of benzene rings is 3. The van der Waals surface area contributed by atoms with E-state index in [1.165, 1.54) is 0 Å². The maximum atomic E-state index is 12.8. The third-order valence-corrected chi connectivity index (χ3v) is 5.85. The highest BCUT2D eigenvalue weighted by molar-refractivity contribution is 9.10. The Morgan fingerprint density at radius 2 is 1.55 bits per heavy atom. The highest BCUT2D eigenvalue weighted by Crippen LogP contribution is 2.39.